The van der Waals surface area contributed by atoms with Gasteiger partial charge < -0.3 is 10.2 Å². The SMILES string of the molecule is CN=C(NCCCn1cc(C)cn1)N1CCN(C/C=C/c2ccccc2)CC1.I. The highest BCUT2D eigenvalue weighted by atomic mass is 127. The summed E-state index contributed by atoms with van der Waals surface area (Å²) >= 11 is 0. The number of benzene rings is 1. The first-order valence-corrected chi connectivity index (χ1v) is 10.1. The molecule has 1 N–H and O–H groups in total. The Morgan fingerprint density at radius 2 is 1.93 bits per heavy atom. The van der Waals surface area contributed by atoms with Gasteiger partial charge in [-0.25, -0.2) is 0 Å². The van der Waals surface area contributed by atoms with Crippen LogP contribution in [0.2, 0.25) is 0 Å². The second-order valence-electron chi connectivity index (χ2n) is 7.21. The minimum Gasteiger partial charge on any atom is -0.356 e. The maximum Gasteiger partial charge on any atom is 0.193 e. The highest BCUT2D eigenvalue weighted by Gasteiger charge is 2.18. The number of aromatic nitrogens is 2. The molecule has 0 atom stereocenters. The van der Waals surface area contributed by atoms with Gasteiger partial charge in [0.1, 0.15) is 0 Å². The standard InChI is InChI=1S/C22H32N6.HI/c1-20-18-25-28(19-20)13-7-11-24-22(23-2)27-16-14-26(15-17-27)12-6-10-21-8-4-3-5-9-21;/h3-6,8-10,18-19H,7,11-17H2,1-2H3,(H,23,24);1H/b10-6+;. The minimum atomic E-state index is 0. The Bertz CT molecular complexity index is 763. The zero-order valence-corrected chi connectivity index (χ0v) is 19.8. The third kappa shape index (κ3) is 7.81. The molecule has 2 heterocycles. The first-order chi connectivity index (χ1) is 13.7. The van der Waals surface area contributed by atoms with Gasteiger partial charge in [-0.2, -0.15) is 5.10 Å². The molecule has 29 heavy (non-hydrogen) atoms. The second kappa shape index (κ2) is 12.6. The molecule has 1 saturated heterocycles. The van der Waals surface area contributed by atoms with Crippen molar-refractivity contribution in [1.29, 1.82) is 0 Å². The van der Waals surface area contributed by atoms with Crippen LogP contribution < -0.4 is 5.32 Å². The number of guanidine groups is 1. The number of hydrogen-bond acceptors (Lipinski definition) is 3. The first-order valence-electron chi connectivity index (χ1n) is 10.1. The molecule has 0 unspecified atom stereocenters. The van der Waals surface area contributed by atoms with E-state index in [4.69, 9.17) is 0 Å². The Morgan fingerprint density at radius 1 is 1.17 bits per heavy atom. The van der Waals surface area contributed by atoms with Crippen LogP contribution in [-0.2, 0) is 6.54 Å². The number of halogens is 1. The van der Waals surface area contributed by atoms with E-state index in [0.717, 1.165) is 58.2 Å². The van der Waals surface area contributed by atoms with Crippen molar-refractivity contribution in [2.24, 2.45) is 4.99 Å². The van der Waals surface area contributed by atoms with Crippen LogP contribution in [0.15, 0.2) is 53.8 Å². The smallest absolute Gasteiger partial charge is 0.193 e. The summed E-state index contributed by atoms with van der Waals surface area (Å²) in [6, 6.07) is 10.5. The Morgan fingerprint density at radius 3 is 2.59 bits per heavy atom. The van der Waals surface area contributed by atoms with Gasteiger partial charge in [0.15, 0.2) is 5.96 Å². The maximum atomic E-state index is 4.46. The average Bonchev–Trinajstić information content (AvgIpc) is 3.15. The van der Waals surface area contributed by atoms with Gasteiger partial charge in [-0.05, 0) is 24.5 Å². The molecule has 0 amide bonds. The van der Waals surface area contributed by atoms with Crippen LogP contribution in [0.1, 0.15) is 17.5 Å². The largest absolute Gasteiger partial charge is 0.356 e. The maximum absolute atomic E-state index is 4.46. The number of nitrogens with zero attached hydrogens (tertiary/aromatic N) is 5. The summed E-state index contributed by atoms with van der Waals surface area (Å²) in [5.41, 5.74) is 2.47. The molecule has 1 fully saturated rings. The molecule has 1 aliphatic rings. The molecule has 2 aromatic rings. The van der Waals surface area contributed by atoms with Crippen molar-refractivity contribution < 1.29 is 0 Å². The van der Waals surface area contributed by atoms with Gasteiger partial charge in [0, 0.05) is 59.1 Å². The van der Waals surface area contributed by atoms with E-state index < -0.39 is 0 Å². The summed E-state index contributed by atoms with van der Waals surface area (Å²) in [6.07, 6.45) is 9.48. The third-order valence-electron chi connectivity index (χ3n) is 4.97. The lowest BCUT2D eigenvalue weighted by Gasteiger charge is -2.36. The zero-order chi connectivity index (χ0) is 19.6. The van der Waals surface area contributed by atoms with E-state index in [1.165, 1.54) is 11.1 Å². The molecular formula is C22H33IN6. The van der Waals surface area contributed by atoms with E-state index in [0.29, 0.717) is 0 Å². The topological polar surface area (TPSA) is 48.7 Å². The third-order valence-corrected chi connectivity index (χ3v) is 4.97. The molecule has 1 aromatic heterocycles. The Kier molecular flexibility index (Phi) is 10.2. The fourth-order valence-corrected chi connectivity index (χ4v) is 3.41. The van der Waals surface area contributed by atoms with Crippen molar-refractivity contribution in [1.82, 2.24) is 24.9 Å². The highest BCUT2D eigenvalue weighted by molar-refractivity contribution is 14.0. The van der Waals surface area contributed by atoms with Crippen LogP contribution in [0.4, 0.5) is 0 Å². The van der Waals surface area contributed by atoms with Gasteiger partial charge in [0.05, 0.1) is 6.20 Å². The van der Waals surface area contributed by atoms with E-state index in [2.05, 4.69) is 80.8 Å². The van der Waals surface area contributed by atoms with Gasteiger partial charge in [-0.1, -0.05) is 42.5 Å². The number of aliphatic imine (C=N–C) groups is 1. The molecule has 0 spiro atoms. The van der Waals surface area contributed by atoms with Crippen molar-refractivity contribution in [2.45, 2.75) is 19.9 Å². The lowest BCUT2D eigenvalue weighted by Crippen LogP contribution is -2.52. The summed E-state index contributed by atoms with van der Waals surface area (Å²) in [5.74, 6) is 1.01. The number of rotatable bonds is 7. The van der Waals surface area contributed by atoms with Crippen LogP contribution in [0.25, 0.3) is 6.08 Å². The fraction of sp³-hybridized carbons (Fsp3) is 0.455. The molecule has 3 rings (SSSR count). The highest BCUT2D eigenvalue weighted by Crippen LogP contribution is 2.05. The predicted molar refractivity (Wildman–Crippen MR) is 132 cm³/mol. The number of nitrogens with one attached hydrogen (secondary N) is 1. The first kappa shape index (κ1) is 23.4. The molecule has 0 saturated carbocycles. The van der Waals surface area contributed by atoms with Gasteiger partial charge >= 0.3 is 0 Å². The van der Waals surface area contributed by atoms with Gasteiger partial charge in [-0.3, -0.25) is 14.6 Å². The normalized spacial score (nSPS) is 15.5. The Balaban J connectivity index is 0.00000300. The molecule has 7 heteroatoms. The molecule has 1 aromatic carbocycles. The van der Waals surface area contributed by atoms with E-state index in [-0.39, 0.29) is 24.0 Å². The molecule has 158 valence electrons. The van der Waals surface area contributed by atoms with Crippen molar-refractivity contribution in [3.05, 3.63) is 59.9 Å². The van der Waals surface area contributed by atoms with Crippen molar-refractivity contribution in [3.63, 3.8) is 0 Å². The van der Waals surface area contributed by atoms with E-state index in [1.54, 1.807) is 0 Å². The van der Waals surface area contributed by atoms with Crippen molar-refractivity contribution in [3.8, 4) is 0 Å². The van der Waals surface area contributed by atoms with Crippen molar-refractivity contribution in [2.75, 3.05) is 46.3 Å². The minimum absolute atomic E-state index is 0. The molecule has 6 nitrogen and oxygen atoms in total. The molecule has 0 bridgehead atoms. The van der Waals surface area contributed by atoms with Gasteiger partial charge in [0.25, 0.3) is 0 Å². The fourth-order valence-electron chi connectivity index (χ4n) is 3.41. The summed E-state index contributed by atoms with van der Waals surface area (Å²) in [4.78, 5) is 9.31. The van der Waals surface area contributed by atoms with Crippen LogP contribution in [0, 0.1) is 6.92 Å². The average molecular weight is 508 g/mol. The predicted octanol–water partition coefficient (Wildman–Crippen LogP) is 3.11. The van der Waals surface area contributed by atoms with Crippen LogP contribution in [0.5, 0.6) is 0 Å². The number of aryl methyl sites for hydroxylation is 2. The number of hydrogen-bond donors (Lipinski definition) is 1. The molecule has 0 radical (unpaired) electrons. The summed E-state index contributed by atoms with van der Waals surface area (Å²) in [5, 5.41) is 7.83. The zero-order valence-electron chi connectivity index (χ0n) is 17.5. The summed E-state index contributed by atoms with van der Waals surface area (Å²) < 4.78 is 2.00. The van der Waals surface area contributed by atoms with E-state index in [9.17, 15) is 0 Å². The molecular weight excluding hydrogens is 475 g/mol. The quantitative estimate of drug-likeness (QED) is 0.270. The number of piperazine rings is 1. The lowest BCUT2D eigenvalue weighted by molar-refractivity contribution is 0.194. The summed E-state index contributed by atoms with van der Waals surface area (Å²) in [7, 11) is 1.87. The van der Waals surface area contributed by atoms with E-state index >= 15 is 0 Å². The Hall–Kier alpha value is -1.87. The van der Waals surface area contributed by atoms with Gasteiger partial charge in [0.2, 0.25) is 0 Å². The van der Waals surface area contributed by atoms with Crippen LogP contribution in [-0.4, -0.2) is 71.9 Å². The van der Waals surface area contributed by atoms with Gasteiger partial charge in [-0.15, -0.1) is 24.0 Å². The van der Waals surface area contributed by atoms with Crippen LogP contribution in [0.3, 0.4) is 0 Å². The second-order valence-corrected chi connectivity index (χ2v) is 7.21. The summed E-state index contributed by atoms with van der Waals surface area (Å²) in [6.45, 7) is 9.05. The van der Waals surface area contributed by atoms with Crippen LogP contribution >= 0.6 is 24.0 Å². The van der Waals surface area contributed by atoms with Crippen molar-refractivity contribution >= 4 is 36.0 Å². The van der Waals surface area contributed by atoms with E-state index in [1.807, 2.05) is 17.9 Å². The molecule has 1 aliphatic heterocycles. The lowest BCUT2D eigenvalue weighted by atomic mass is 10.2. The Labute approximate surface area is 191 Å². The monoisotopic (exact) mass is 508 g/mol. The molecule has 0 aliphatic carbocycles.